The summed E-state index contributed by atoms with van der Waals surface area (Å²) in [5.74, 6) is 0.127. The number of carbonyl (C=O) groups excluding carboxylic acids is 2. The van der Waals surface area contributed by atoms with Crippen LogP contribution in [0.5, 0.6) is 0 Å². The van der Waals surface area contributed by atoms with E-state index in [0.29, 0.717) is 13.1 Å². The van der Waals surface area contributed by atoms with Crippen molar-refractivity contribution in [3.05, 3.63) is 0 Å². The summed E-state index contributed by atoms with van der Waals surface area (Å²) in [6.45, 7) is 8.50. The van der Waals surface area contributed by atoms with Gasteiger partial charge in [0.2, 0.25) is 11.8 Å². The first-order chi connectivity index (χ1) is 9.88. The number of piperidine rings is 1. The van der Waals surface area contributed by atoms with Gasteiger partial charge in [-0.25, -0.2) is 0 Å². The van der Waals surface area contributed by atoms with Crippen LogP contribution in [0.2, 0.25) is 0 Å². The molecule has 2 saturated heterocycles. The highest BCUT2D eigenvalue weighted by Crippen LogP contribution is 2.23. The normalized spacial score (nSPS) is 26.7. The van der Waals surface area contributed by atoms with Crippen LogP contribution in [0.1, 0.15) is 46.5 Å². The van der Waals surface area contributed by atoms with E-state index in [-0.39, 0.29) is 29.3 Å². The Morgan fingerprint density at radius 2 is 2.00 bits per heavy atom. The molecule has 2 heterocycles. The minimum atomic E-state index is -0.379. The summed E-state index contributed by atoms with van der Waals surface area (Å²) in [5, 5.41) is 2.99. The molecule has 5 heteroatoms. The Bertz CT molecular complexity index is 383. The molecule has 0 saturated carbocycles. The first-order valence-electron chi connectivity index (χ1n) is 8.06. The molecular formula is C16H28N2O3. The molecule has 0 aliphatic carbocycles. The molecule has 0 aromatic rings. The summed E-state index contributed by atoms with van der Waals surface area (Å²) < 4.78 is 5.52. The predicted molar refractivity (Wildman–Crippen MR) is 80.7 cm³/mol. The van der Waals surface area contributed by atoms with Gasteiger partial charge in [0.05, 0.1) is 12.0 Å². The summed E-state index contributed by atoms with van der Waals surface area (Å²) in [4.78, 5) is 26.4. The van der Waals surface area contributed by atoms with E-state index in [2.05, 4.69) is 5.32 Å². The fourth-order valence-electron chi connectivity index (χ4n) is 3.01. The number of likely N-dealkylation sites (tertiary alicyclic amines) is 1. The van der Waals surface area contributed by atoms with Crippen molar-refractivity contribution >= 4 is 11.8 Å². The van der Waals surface area contributed by atoms with Crippen molar-refractivity contribution in [3.63, 3.8) is 0 Å². The van der Waals surface area contributed by atoms with Gasteiger partial charge in [0, 0.05) is 31.7 Å². The van der Waals surface area contributed by atoms with Crippen molar-refractivity contribution in [2.24, 2.45) is 11.3 Å². The largest absolute Gasteiger partial charge is 0.376 e. The average molecular weight is 296 g/mol. The number of nitrogens with one attached hydrogen (secondary N) is 1. The molecule has 2 amide bonds. The van der Waals surface area contributed by atoms with Crippen molar-refractivity contribution in [1.29, 1.82) is 0 Å². The summed E-state index contributed by atoms with van der Waals surface area (Å²) in [6, 6.07) is 0. The highest BCUT2D eigenvalue weighted by atomic mass is 16.5. The number of carbonyl (C=O) groups is 2. The van der Waals surface area contributed by atoms with Gasteiger partial charge in [0.1, 0.15) is 0 Å². The Morgan fingerprint density at radius 1 is 1.24 bits per heavy atom. The van der Waals surface area contributed by atoms with Crippen molar-refractivity contribution in [2.75, 3.05) is 26.2 Å². The smallest absolute Gasteiger partial charge is 0.227 e. The van der Waals surface area contributed by atoms with E-state index < -0.39 is 0 Å². The Morgan fingerprint density at radius 3 is 2.62 bits per heavy atom. The zero-order chi connectivity index (χ0) is 15.5. The third-order valence-electron chi connectivity index (χ3n) is 4.25. The van der Waals surface area contributed by atoms with Gasteiger partial charge in [-0.15, -0.1) is 0 Å². The van der Waals surface area contributed by atoms with Gasteiger partial charge in [-0.1, -0.05) is 20.8 Å². The lowest BCUT2D eigenvalue weighted by Gasteiger charge is -2.36. The fraction of sp³-hybridized carbons (Fsp3) is 0.875. The summed E-state index contributed by atoms with van der Waals surface area (Å²) in [7, 11) is 0. The molecule has 0 bridgehead atoms. The third kappa shape index (κ3) is 4.43. The Kier molecular flexibility index (Phi) is 5.25. The molecule has 0 spiro atoms. The Labute approximate surface area is 127 Å². The molecule has 0 radical (unpaired) electrons. The lowest BCUT2D eigenvalue weighted by molar-refractivity contribution is -0.142. The quantitative estimate of drug-likeness (QED) is 0.860. The second-order valence-electron chi connectivity index (χ2n) is 7.22. The van der Waals surface area contributed by atoms with E-state index in [4.69, 9.17) is 4.74 Å². The molecule has 0 aromatic heterocycles. The molecule has 0 aromatic carbocycles. The van der Waals surface area contributed by atoms with Crippen LogP contribution in [-0.4, -0.2) is 49.1 Å². The van der Waals surface area contributed by atoms with E-state index >= 15 is 0 Å². The van der Waals surface area contributed by atoms with Crippen LogP contribution in [0.3, 0.4) is 0 Å². The van der Waals surface area contributed by atoms with Gasteiger partial charge in [0.15, 0.2) is 0 Å². The lowest BCUT2D eigenvalue weighted by atomic mass is 9.91. The predicted octanol–water partition coefficient (Wildman–Crippen LogP) is 1.57. The van der Waals surface area contributed by atoms with Gasteiger partial charge >= 0.3 is 0 Å². The molecule has 1 N–H and O–H groups in total. The zero-order valence-corrected chi connectivity index (χ0v) is 13.5. The standard InChI is InChI=1S/C16H28N2O3/c1-16(2,3)15(20)18-8-4-6-12(11-18)14(19)17-10-13-7-5-9-21-13/h12-13H,4-11H2,1-3H3,(H,17,19). The highest BCUT2D eigenvalue weighted by Gasteiger charge is 2.33. The minimum absolute atomic E-state index is 0.0666. The van der Waals surface area contributed by atoms with E-state index in [1.807, 2.05) is 25.7 Å². The molecule has 2 rings (SSSR count). The summed E-state index contributed by atoms with van der Waals surface area (Å²) in [5.41, 5.74) is -0.379. The van der Waals surface area contributed by atoms with Gasteiger partial charge < -0.3 is 15.0 Å². The Balaban J connectivity index is 1.82. The number of hydrogen-bond acceptors (Lipinski definition) is 3. The molecule has 21 heavy (non-hydrogen) atoms. The molecule has 2 aliphatic heterocycles. The van der Waals surface area contributed by atoms with Crippen LogP contribution >= 0.6 is 0 Å². The maximum absolute atomic E-state index is 12.3. The zero-order valence-electron chi connectivity index (χ0n) is 13.5. The van der Waals surface area contributed by atoms with Crippen molar-refractivity contribution < 1.29 is 14.3 Å². The lowest BCUT2D eigenvalue weighted by Crippen LogP contribution is -2.49. The van der Waals surface area contributed by atoms with E-state index in [9.17, 15) is 9.59 Å². The van der Waals surface area contributed by atoms with Crippen LogP contribution < -0.4 is 5.32 Å². The molecule has 2 unspecified atom stereocenters. The second-order valence-corrected chi connectivity index (χ2v) is 7.22. The van der Waals surface area contributed by atoms with Crippen LogP contribution in [0.4, 0.5) is 0 Å². The molecule has 2 aliphatic rings. The SMILES string of the molecule is CC(C)(C)C(=O)N1CCCC(C(=O)NCC2CCCO2)C1. The Hall–Kier alpha value is -1.10. The van der Waals surface area contributed by atoms with Crippen LogP contribution in [-0.2, 0) is 14.3 Å². The van der Waals surface area contributed by atoms with E-state index in [0.717, 1.165) is 38.8 Å². The summed E-state index contributed by atoms with van der Waals surface area (Å²) >= 11 is 0. The number of ether oxygens (including phenoxy) is 1. The maximum atomic E-state index is 12.3. The van der Waals surface area contributed by atoms with Crippen molar-refractivity contribution in [2.45, 2.75) is 52.6 Å². The molecule has 2 fully saturated rings. The molecule has 5 nitrogen and oxygen atoms in total. The third-order valence-corrected chi connectivity index (χ3v) is 4.25. The van der Waals surface area contributed by atoms with Crippen molar-refractivity contribution in [1.82, 2.24) is 10.2 Å². The van der Waals surface area contributed by atoms with Crippen molar-refractivity contribution in [3.8, 4) is 0 Å². The van der Waals surface area contributed by atoms with E-state index in [1.165, 1.54) is 0 Å². The van der Waals surface area contributed by atoms with Gasteiger partial charge in [-0.05, 0) is 25.7 Å². The first-order valence-corrected chi connectivity index (χ1v) is 8.06. The fourth-order valence-corrected chi connectivity index (χ4v) is 3.01. The number of amides is 2. The molecular weight excluding hydrogens is 268 g/mol. The monoisotopic (exact) mass is 296 g/mol. The van der Waals surface area contributed by atoms with Gasteiger partial charge in [-0.2, -0.15) is 0 Å². The number of nitrogens with zero attached hydrogens (tertiary/aromatic N) is 1. The van der Waals surface area contributed by atoms with Crippen LogP contribution in [0.15, 0.2) is 0 Å². The maximum Gasteiger partial charge on any atom is 0.227 e. The van der Waals surface area contributed by atoms with Crippen LogP contribution in [0, 0.1) is 11.3 Å². The molecule has 2 atom stereocenters. The van der Waals surface area contributed by atoms with E-state index in [1.54, 1.807) is 0 Å². The highest BCUT2D eigenvalue weighted by molar-refractivity contribution is 5.83. The minimum Gasteiger partial charge on any atom is -0.376 e. The summed E-state index contributed by atoms with van der Waals surface area (Å²) in [6.07, 6.45) is 4.05. The molecule has 120 valence electrons. The number of rotatable bonds is 3. The van der Waals surface area contributed by atoms with Gasteiger partial charge in [-0.3, -0.25) is 9.59 Å². The topological polar surface area (TPSA) is 58.6 Å². The number of hydrogen-bond donors (Lipinski definition) is 1. The first kappa shape index (κ1) is 16.3. The second kappa shape index (κ2) is 6.77. The average Bonchev–Trinajstić information content (AvgIpc) is 2.96. The van der Waals surface area contributed by atoms with Crippen LogP contribution in [0.25, 0.3) is 0 Å². The van der Waals surface area contributed by atoms with Gasteiger partial charge in [0.25, 0.3) is 0 Å².